The normalized spacial score (nSPS) is 14.6. The van der Waals surface area contributed by atoms with Gasteiger partial charge in [0.2, 0.25) is 5.91 Å². The minimum absolute atomic E-state index is 0. The number of carbonyl (C=O) groups is 1. The van der Waals surface area contributed by atoms with E-state index in [9.17, 15) is 4.79 Å². The monoisotopic (exact) mass is 429 g/mol. The fraction of sp³-hybridized carbons (Fsp3) is 0.350. The minimum Gasteiger partial charge on any atom is -0.399 e. The maximum atomic E-state index is 12.6. The molecule has 2 N–H and O–H groups in total. The standard InChI is InChI=1S/C20H24ClN3O.2ClH/c21-18-6-2-17(3-7-18)15-23-10-1-11-24(13-12-23)20(25)14-16-4-8-19(22)9-5-16;;/h2-9H,1,10-15,22H2;2*1H. The van der Waals surface area contributed by atoms with Crippen molar-refractivity contribution in [1.29, 1.82) is 0 Å². The molecule has 0 saturated carbocycles. The molecule has 1 heterocycles. The van der Waals surface area contributed by atoms with Crippen LogP contribution in [-0.4, -0.2) is 41.9 Å². The predicted molar refractivity (Wildman–Crippen MR) is 117 cm³/mol. The van der Waals surface area contributed by atoms with Gasteiger partial charge < -0.3 is 10.6 Å². The van der Waals surface area contributed by atoms with Crippen LogP contribution in [0.3, 0.4) is 0 Å². The average molecular weight is 431 g/mol. The van der Waals surface area contributed by atoms with Gasteiger partial charge in [0.05, 0.1) is 6.42 Å². The summed E-state index contributed by atoms with van der Waals surface area (Å²) in [6.45, 7) is 4.41. The van der Waals surface area contributed by atoms with E-state index in [2.05, 4.69) is 17.0 Å². The third-order valence-corrected chi connectivity index (χ3v) is 4.85. The first-order valence-electron chi connectivity index (χ1n) is 8.69. The van der Waals surface area contributed by atoms with Gasteiger partial charge in [0, 0.05) is 43.4 Å². The summed E-state index contributed by atoms with van der Waals surface area (Å²) >= 11 is 5.94. The Kier molecular flexibility index (Phi) is 9.95. The van der Waals surface area contributed by atoms with Crippen LogP contribution in [0.15, 0.2) is 48.5 Å². The molecule has 4 nitrogen and oxygen atoms in total. The van der Waals surface area contributed by atoms with Gasteiger partial charge in [0.15, 0.2) is 0 Å². The topological polar surface area (TPSA) is 49.6 Å². The quantitative estimate of drug-likeness (QED) is 0.745. The van der Waals surface area contributed by atoms with Gasteiger partial charge in [0.1, 0.15) is 0 Å². The zero-order valence-corrected chi connectivity index (χ0v) is 17.5. The molecule has 1 amide bonds. The van der Waals surface area contributed by atoms with Crippen LogP contribution in [0.1, 0.15) is 17.5 Å². The Hall–Kier alpha value is -1.46. The Morgan fingerprint density at radius 1 is 0.889 bits per heavy atom. The van der Waals surface area contributed by atoms with Gasteiger partial charge in [-0.3, -0.25) is 9.69 Å². The van der Waals surface area contributed by atoms with E-state index in [0.717, 1.165) is 55.4 Å². The van der Waals surface area contributed by atoms with Crippen LogP contribution in [0.4, 0.5) is 5.69 Å². The van der Waals surface area contributed by atoms with Crippen molar-refractivity contribution in [3.8, 4) is 0 Å². The molecule has 0 spiro atoms. The lowest BCUT2D eigenvalue weighted by molar-refractivity contribution is -0.130. The fourth-order valence-electron chi connectivity index (χ4n) is 3.15. The molecule has 7 heteroatoms. The summed E-state index contributed by atoms with van der Waals surface area (Å²) in [5, 5.41) is 0.763. The van der Waals surface area contributed by atoms with Crippen molar-refractivity contribution < 1.29 is 4.79 Å². The summed E-state index contributed by atoms with van der Waals surface area (Å²) in [5.41, 5.74) is 8.70. The van der Waals surface area contributed by atoms with Gasteiger partial charge in [-0.2, -0.15) is 0 Å². The molecule has 2 aromatic rings. The molecule has 0 radical (unpaired) electrons. The van der Waals surface area contributed by atoms with E-state index in [0.29, 0.717) is 6.42 Å². The number of hydrogen-bond acceptors (Lipinski definition) is 3. The van der Waals surface area contributed by atoms with Gasteiger partial charge >= 0.3 is 0 Å². The van der Waals surface area contributed by atoms with E-state index < -0.39 is 0 Å². The Labute approximate surface area is 178 Å². The number of rotatable bonds is 4. The number of nitrogens with zero attached hydrogens (tertiary/aromatic N) is 2. The van der Waals surface area contributed by atoms with Crippen molar-refractivity contribution in [1.82, 2.24) is 9.80 Å². The lowest BCUT2D eigenvalue weighted by Gasteiger charge is -2.22. The van der Waals surface area contributed by atoms with E-state index in [-0.39, 0.29) is 30.7 Å². The first-order chi connectivity index (χ1) is 12.1. The van der Waals surface area contributed by atoms with Crippen molar-refractivity contribution >= 4 is 48.0 Å². The summed E-state index contributed by atoms with van der Waals surface area (Å²) in [7, 11) is 0. The molecule has 148 valence electrons. The number of anilines is 1. The average Bonchev–Trinajstić information content (AvgIpc) is 2.85. The van der Waals surface area contributed by atoms with E-state index in [1.165, 1.54) is 5.56 Å². The van der Waals surface area contributed by atoms with E-state index in [4.69, 9.17) is 17.3 Å². The Bertz CT molecular complexity index is 707. The van der Waals surface area contributed by atoms with Crippen molar-refractivity contribution in [2.24, 2.45) is 0 Å². The molecular weight excluding hydrogens is 405 g/mol. The summed E-state index contributed by atoms with van der Waals surface area (Å²) in [6, 6.07) is 15.5. The lowest BCUT2D eigenvalue weighted by Crippen LogP contribution is -2.36. The second kappa shape index (κ2) is 11.4. The highest BCUT2D eigenvalue weighted by Crippen LogP contribution is 2.14. The third-order valence-electron chi connectivity index (χ3n) is 4.60. The smallest absolute Gasteiger partial charge is 0.227 e. The first-order valence-corrected chi connectivity index (χ1v) is 9.07. The van der Waals surface area contributed by atoms with Crippen molar-refractivity contribution in [2.75, 3.05) is 31.9 Å². The molecule has 1 aliphatic rings. The summed E-state index contributed by atoms with van der Waals surface area (Å²) in [6.07, 6.45) is 1.44. The SMILES string of the molecule is Cl.Cl.Nc1ccc(CC(=O)N2CCCN(Cc3ccc(Cl)cc3)CC2)cc1. The summed E-state index contributed by atoms with van der Waals surface area (Å²) in [4.78, 5) is 17.0. The molecule has 0 bridgehead atoms. The Morgan fingerprint density at radius 2 is 1.52 bits per heavy atom. The van der Waals surface area contributed by atoms with Crippen LogP contribution in [0.25, 0.3) is 0 Å². The molecule has 0 aromatic heterocycles. The number of nitrogen functional groups attached to an aromatic ring is 1. The van der Waals surface area contributed by atoms with E-state index >= 15 is 0 Å². The zero-order chi connectivity index (χ0) is 17.6. The van der Waals surface area contributed by atoms with Gasteiger partial charge in [-0.15, -0.1) is 24.8 Å². The number of amides is 1. The van der Waals surface area contributed by atoms with Crippen LogP contribution >= 0.6 is 36.4 Å². The van der Waals surface area contributed by atoms with E-state index in [1.54, 1.807) is 0 Å². The molecule has 0 unspecified atom stereocenters. The van der Waals surface area contributed by atoms with Crippen molar-refractivity contribution in [2.45, 2.75) is 19.4 Å². The second-order valence-corrected chi connectivity index (χ2v) is 6.99. The predicted octanol–water partition coefficient (Wildman–Crippen LogP) is 4.04. The molecule has 0 atom stereocenters. The summed E-state index contributed by atoms with van der Waals surface area (Å²) in [5.74, 6) is 0.193. The molecule has 1 fully saturated rings. The van der Waals surface area contributed by atoms with Crippen LogP contribution in [0.2, 0.25) is 5.02 Å². The van der Waals surface area contributed by atoms with Crippen molar-refractivity contribution in [3.63, 3.8) is 0 Å². The van der Waals surface area contributed by atoms with Crippen LogP contribution < -0.4 is 5.73 Å². The zero-order valence-electron chi connectivity index (χ0n) is 15.1. The fourth-order valence-corrected chi connectivity index (χ4v) is 3.27. The molecule has 1 saturated heterocycles. The highest BCUT2D eigenvalue weighted by atomic mass is 35.5. The van der Waals surface area contributed by atoms with Crippen LogP contribution in [0, 0.1) is 0 Å². The third kappa shape index (κ3) is 7.23. The molecule has 1 aliphatic heterocycles. The van der Waals surface area contributed by atoms with Crippen LogP contribution in [0.5, 0.6) is 0 Å². The number of benzene rings is 2. The largest absolute Gasteiger partial charge is 0.399 e. The second-order valence-electron chi connectivity index (χ2n) is 6.56. The highest BCUT2D eigenvalue weighted by Gasteiger charge is 2.19. The number of carbonyl (C=O) groups excluding carboxylic acids is 1. The number of hydrogen-bond donors (Lipinski definition) is 1. The summed E-state index contributed by atoms with van der Waals surface area (Å²) < 4.78 is 0. The minimum atomic E-state index is 0. The number of halogens is 3. The Balaban J connectivity index is 0.00000182. The van der Waals surface area contributed by atoms with Gasteiger partial charge in [-0.1, -0.05) is 35.9 Å². The highest BCUT2D eigenvalue weighted by molar-refractivity contribution is 6.30. The van der Waals surface area contributed by atoms with E-state index in [1.807, 2.05) is 41.3 Å². The van der Waals surface area contributed by atoms with Crippen LogP contribution in [-0.2, 0) is 17.8 Å². The molecule has 27 heavy (non-hydrogen) atoms. The molecule has 0 aliphatic carbocycles. The maximum absolute atomic E-state index is 12.6. The van der Waals surface area contributed by atoms with Gasteiger partial charge in [0.25, 0.3) is 0 Å². The molecule has 3 rings (SSSR count). The van der Waals surface area contributed by atoms with Gasteiger partial charge in [-0.05, 0) is 41.8 Å². The first kappa shape index (κ1) is 23.6. The van der Waals surface area contributed by atoms with Gasteiger partial charge in [-0.25, -0.2) is 0 Å². The number of nitrogens with two attached hydrogens (primary N) is 1. The Morgan fingerprint density at radius 3 is 2.19 bits per heavy atom. The lowest BCUT2D eigenvalue weighted by atomic mass is 10.1. The molecular formula is C20H26Cl3N3O. The van der Waals surface area contributed by atoms with Crippen molar-refractivity contribution in [3.05, 3.63) is 64.7 Å². The maximum Gasteiger partial charge on any atom is 0.227 e. The molecule has 2 aromatic carbocycles.